The number of rotatable bonds is 6. The van der Waals surface area contributed by atoms with Crippen molar-refractivity contribution in [3.63, 3.8) is 0 Å². The van der Waals surface area contributed by atoms with Crippen LogP contribution in [-0.2, 0) is 5.60 Å². The number of carbonyl (C=O) groups is 1. The summed E-state index contributed by atoms with van der Waals surface area (Å²) in [7, 11) is 2.73. The van der Waals surface area contributed by atoms with Gasteiger partial charge >= 0.3 is 6.03 Å². The van der Waals surface area contributed by atoms with Crippen molar-refractivity contribution in [2.24, 2.45) is 10.9 Å². The summed E-state index contributed by atoms with van der Waals surface area (Å²) >= 11 is 0. The monoisotopic (exact) mass is 453 g/mol. The van der Waals surface area contributed by atoms with E-state index in [1.807, 2.05) is 52.0 Å². The van der Waals surface area contributed by atoms with Crippen molar-refractivity contribution in [1.82, 2.24) is 0 Å². The quantitative estimate of drug-likeness (QED) is 0.313. The van der Waals surface area contributed by atoms with Crippen molar-refractivity contribution in [1.29, 1.82) is 0 Å². The number of aliphatic hydroxyl groups is 1. The van der Waals surface area contributed by atoms with Crippen molar-refractivity contribution in [3.05, 3.63) is 58.9 Å². The molecule has 2 amide bonds. The summed E-state index contributed by atoms with van der Waals surface area (Å²) in [5.74, 6) is -0.0532. The zero-order chi connectivity index (χ0) is 23.1. The SMILES string of the molecule is CC(C)(O)c1ccc(SSN)cc1.CC(C)c1cc(F)cc(C(C)C)c1NC(N)=O. The molecule has 0 aliphatic rings. The number of hydrogen-bond donors (Lipinski definition) is 4. The molecule has 2 aromatic rings. The lowest BCUT2D eigenvalue weighted by Gasteiger charge is -2.19. The van der Waals surface area contributed by atoms with Crippen LogP contribution in [0, 0.1) is 5.82 Å². The van der Waals surface area contributed by atoms with E-state index in [1.165, 1.54) is 33.9 Å². The molecule has 6 N–H and O–H groups in total. The molecule has 0 unspecified atom stereocenters. The second-order valence-electron chi connectivity index (χ2n) is 8.02. The van der Waals surface area contributed by atoms with Crippen LogP contribution in [0.1, 0.15) is 70.1 Å². The van der Waals surface area contributed by atoms with Crippen molar-refractivity contribution in [2.45, 2.75) is 63.9 Å². The highest BCUT2D eigenvalue weighted by molar-refractivity contribution is 8.75. The van der Waals surface area contributed by atoms with Gasteiger partial charge in [0.2, 0.25) is 0 Å². The molecule has 0 heterocycles. The zero-order valence-corrected chi connectivity index (χ0v) is 20.0. The van der Waals surface area contributed by atoms with E-state index in [-0.39, 0.29) is 17.7 Å². The average molecular weight is 454 g/mol. The lowest BCUT2D eigenvalue weighted by Crippen LogP contribution is -2.22. The lowest BCUT2D eigenvalue weighted by molar-refractivity contribution is 0.0785. The molecule has 5 nitrogen and oxygen atoms in total. The van der Waals surface area contributed by atoms with Crippen LogP contribution in [0.4, 0.5) is 14.9 Å². The standard InChI is InChI=1S/C13H19FN2O.C9H13NOS2/c1-7(2)10-5-9(14)6-11(8(3)4)12(10)16-13(15)17;1-9(2,11)7-3-5-8(6-4-7)12-13-10/h5-8H,1-4H3,(H3,15,16,17);3-6,11H,10H2,1-2H3. The van der Waals surface area contributed by atoms with Crippen LogP contribution >= 0.6 is 21.8 Å². The highest BCUT2D eigenvalue weighted by atomic mass is 33.1. The number of nitrogens with one attached hydrogen (secondary N) is 1. The number of amides is 2. The van der Waals surface area contributed by atoms with Crippen molar-refractivity contribution < 1.29 is 14.3 Å². The van der Waals surface area contributed by atoms with Crippen LogP contribution in [0.5, 0.6) is 0 Å². The van der Waals surface area contributed by atoms with E-state index in [0.29, 0.717) is 5.69 Å². The van der Waals surface area contributed by atoms with E-state index < -0.39 is 11.6 Å². The summed E-state index contributed by atoms with van der Waals surface area (Å²) in [5, 5.41) is 17.6. The number of anilines is 1. The van der Waals surface area contributed by atoms with Gasteiger partial charge in [-0.2, -0.15) is 0 Å². The first kappa shape index (κ1) is 26.3. The predicted molar refractivity (Wildman–Crippen MR) is 127 cm³/mol. The van der Waals surface area contributed by atoms with Gasteiger partial charge in [0.25, 0.3) is 0 Å². The third kappa shape index (κ3) is 8.18. The molecule has 0 aromatic heterocycles. The van der Waals surface area contributed by atoms with Gasteiger partial charge in [-0.05, 0) is 88.4 Å². The fourth-order valence-electron chi connectivity index (χ4n) is 2.80. The van der Waals surface area contributed by atoms with Gasteiger partial charge in [-0.15, -0.1) is 0 Å². The molecule has 166 valence electrons. The van der Waals surface area contributed by atoms with Crippen LogP contribution in [-0.4, -0.2) is 11.1 Å². The molecular formula is C22H32FN3O2S2. The van der Waals surface area contributed by atoms with Gasteiger partial charge in [0.15, 0.2) is 0 Å². The minimum atomic E-state index is -0.765. The summed E-state index contributed by atoms with van der Waals surface area (Å²) in [6, 6.07) is 10.0. The number of urea groups is 1. The van der Waals surface area contributed by atoms with E-state index in [2.05, 4.69) is 5.32 Å². The van der Waals surface area contributed by atoms with Crippen molar-refractivity contribution in [3.8, 4) is 0 Å². The molecule has 0 fully saturated rings. The second-order valence-corrected chi connectivity index (χ2v) is 9.93. The molecular weight excluding hydrogens is 421 g/mol. The molecule has 8 heteroatoms. The van der Waals surface area contributed by atoms with Crippen LogP contribution < -0.4 is 16.2 Å². The van der Waals surface area contributed by atoms with Crippen LogP contribution in [0.15, 0.2) is 41.3 Å². The fourth-order valence-corrected chi connectivity index (χ4v) is 3.83. The summed E-state index contributed by atoms with van der Waals surface area (Å²) in [4.78, 5) is 12.1. The number of carbonyl (C=O) groups excluding carboxylic acids is 1. The number of hydrogen-bond acceptors (Lipinski definition) is 5. The highest BCUT2D eigenvalue weighted by Gasteiger charge is 2.17. The first-order chi connectivity index (χ1) is 13.9. The molecule has 30 heavy (non-hydrogen) atoms. The zero-order valence-electron chi connectivity index (χ0n) is 18.3. The van der Waals surface area contributed by atoms with Gasteiger partial charge in [0.05, 0.1) is 5.60 Å². The van der Waals surface area contributed by atoms with E-state index >= 15 is 0 Å². The Bertz CT molecular complexity index is 806. The lowest BCUT2D eigenvalue weighted by atomic mass is 9.92. The van der Waals surface area contributed by atoms with Crippen LogP contribution in [0.25, 0.3) is 0 Å². The molecule has 0 spiro atoms. The van der Waals surface area contributed by atoms with Gasteiger partial charge in [0, 0.05) is 10.6 Å². The topological polar surface area (TPSA) is 101 Å². The Morgan fingerprint density at radius 2 is 1.53 bits per heavy atom. The predicted octanol–water partition coefficient (Wildman–Crippen LogP) is 6.09. The van der Waals surface area contributed by atoms with Gasteiger partial charge in [-0.25, -0.2) is 9.18 Å². The Kier molecular flexibility index (Phi) is 10.2. The van der Waals surface area contributed by atoms with Gasteiger partial charge < -0.3 is 16.2 Å². The van der Waals surface area contributed by atoms with Crippen LogP contribution in [0.2, 0.25) is 0 Å². The molecule has 0 atom stereocenters. The van der Waals surface area contributed by atoms with Gasteiger partial charge in [-0.1, -0.05) is 39.8 Å². The molecule has 0 radical (unpaired) electrons. The number of benzene rings is 2. The molecule has 0 saturated carbocycles. The summed E-state index contributed by atoms with van der Waals surface area (Å²) < 4.78 is 13.5. The summed E-state index contributed by atoms with van der Waals surface area (Å²) in [6.07, 6.45) is 0. The average Bonchev–Trinajstić information content (AvgIpc) is 2.62. The Morgan fingerprint density at radius 3 is 1.87 bits per heavy atom. The molecule has 0 aliphatic carbocycles. The fraction of sp³-hybridized carbons (Fsp3) is 0.409. The Morgan fingerprint density at radius 1 is 1.07 bits per heavy atom. The second kappa shape index (κ2) is 11.6. The summed E-state index contributed by atoms with van der Waals surface area (Å²) in [6.45, 7) is 11.3. The largest absolute Gasteiger partial charge is 0.386 e. The normalized spacial score (nSPS) is 11.3. The molecule has 0 bridgehead atoms. The van der Waals surface area contributed by atoms with E-state index in [4.69, 9.17) is 10.9 Å². The smallest absolute Gasteiger partial charge is 0.316 e. The number of nitrogens with two attached hydrogens (primary N) is 2. The van der Waals surface area contributed by atoms with Gasteiger partial charge in [0.1, 0.15) is 5.82 Å². The first-order valence-electron chi connectivity index (χ1n) is 9.62. The number of primary amides is 1. The molecule has 0 aliphatic heterocycles. The Balaban J connectivity index is 0.000000311. The molecule has 0 saturated heterocycles. The summed E-state index contributed by atoms with van der Waals surface area (Å²) in [5.41, 5.74) is 7.49. The third-order valence-corrected chi connectivity index (χ3v) is 5.79. The van der Waals surface area contributed by atoms with E-state index in [9.17, 15) is 14.3 Å². The minimum absolute atomic E-state index is 0.116. The number of halogens is 1. The Hall–Kier alpha value is -1.74. The first-order valence-corrected chi connectivity index (χ1v) is 11.8. The highest BCUT2D eigenvalue weighted by Crippen LogP contribution is 2.33. The molecule has 2 rings (SSSR count). The Labute approximate surface area is 186 Å². The minimum Gasteiger partial charge on any atom is -0.386 e. The molecule has 2 aromatic carbocycles. The third-order valence-electron chi connectivity index (χ3n) is 4.36. The van der Waals surface area contributed by atoms with Crippen molar-refractivity contribution in [2.75, 3.05) is 5.32 Å². The van der Waals surface area contributed by atoms with Crippen LogP contribution in [0.3, 0.4) is 0 Å². The van der Waals surface area contributed by atoms with Gasteiger partial charge in [-0.3, -0.25) is 5.14 Å². The maximum Gasteiger partial charge on any atom is 0.316 e. The van der Waals surface area contributed by atoms with Crippen molar-refractivity contribution >= 4 is 33.5 Å². The maximum absolute atomic E-state index is 13.5. The van der Waals surface area contributed by atoms with E-state index in [0.717, 1.165) is 21.6 Å². The van der Waals surface area contributed by atoms with E-state index in [1.54, 1.807) is 13.8 Å². The maximum atomic E-state index is 13.5.